The lowest BCUT2D eigenvalue weighted by Gasteiger charge is -2.12. The van der Waals surface area contributed by atoms with E-state index in [9.17, 15) is 39.5 Å². The van der Waals surface area contributed by atoms with E-state index in [1.165, 1.54) is 0 Å². The molecule has 0 aliphatic carbocycles. The zero-order valence-corrected chi connectivity index (χ0v) is 14.8. The molecular weight excluding hydrogens is 443 g/mol. The fourth-order valence-corrected chi connectivity index (χ4v) is 2.43. The number of rotatable bonds is 4. The topological polar surface area (TPSA) is 49.8 Å². The van der Waals surface area contributed by atoms with Crippen molar-refractivity contribution in [2.24, 2.45) is 0 Å². The summed E-state index contributed by atoms with van der Waals surface area (Å²) in [5.74, 6) is -5.20. The van der Waals surface area contributed by atoms with E-state index < -0.39 is 46.7 Å². The summed E-state index contributed by atoms with van der Waals surface area (Å²) in [6.07, 6.45) is -9.18. The minimum absolute atomic E-state index is 0.191. The highest BCUT2D eigenvalue weighted by Gasteiger charge is 2.34. The largest absolute Gasteiger partial charge is 0.419 e. The zero-order chi connectivity index (χ0) is 23.0. The molecule has 2 N–H and O–H groups in total. The normalized spacial score (nSPS) is 12.0. The van der Waals surface area contributed by atoms with Crippen LogP contribution < -0.4 is 10.6 Å². The molecule has 1 aromatic heterocycles. The Hall–Kier alpha value is -3.51. The fourth-order valence-electron chi connectivity index (χ4n) is 2.43. The quantitative estimate of drug-likeness (QED) is 0.449. The van der Waals surface area contributed by atoms with Gasteiger partial charge in [0, 0.05) is 11.4 Å². The Bertz CT molecular complexity index is 1110. The number of nitrogens with zero attached hydrogens (tertiary/aromatic N) is 2. The smallest absolute Gasteiger partial charge is 0.338 e. The van der Waals surface area contributed by atoms with E-state index in [4.69, 9.17) is 0 Å². The molecule has 13 heteroatoms. The third kappa shape index (κ3) is 5.16. The molecule has 3 rings (SSSR count). The highest BCUT2D eigenvalue weighted by Crippen LogP contribution is 2.34. The number of benzene rings is 2. The molecule has 0 saturated carbocycles. The van der Waals surface area contributed by atoms with E-state index in [1.54, 1.807) is 0 Å². The average Bonchev–Trinajstić information content (AvgIpc) is 2.62. The molecular formula is C18H9F9N4. The van der Waals surface area contributed by atoms with Crippen molar-refractivity contribution < 1.29 is 39.5 Å². The maximum atomic E-state index is 13.9. The summed E-state index contributed by atoms with van der Waals surface area (Å²) in [5.41, 5.74) is -3.48. The summed E-state index contributed by atoms with van der Waals surface area (Å²) in [5, 5.41) is 4.62. The van der Waals surface area contributed by atoms with Gasteiger partial charge in [-0.05, 0) is 36.4 Å². The first kappa shape index (κ1) is 22.2. The minimum atomic E-state index is -4.92. The summed E-state index contributed by atoms with van der Waals surface area (Å²) >= 11 is 0. The maximum Gasteiger partial charge on any atom is 0.419 e. The number of hydrogen-bond acceptors (Lipinski definition) is 4. The Balaban J connectivity index is 1.83. The van der Waals surface area contributed by atoms with Gasteiger partial charge in [-0.2, -0.15) is 31.3 Å². The van der Waals surface area contributed by atoms with Gasteiger partial charge in [0.15, 0.2) is 11.6 Å². The molecule has 0 radical (unpaired) electrons. The molecule has 4 nitrogen and oxygen atoms in total. The highest BCUT2D eigenvalue weighted by atomic mass is 19.4. The first-order chi connectivity index (χ1) is 14.3. The number of anilines is 4. The molecule has 0 amide bonds. The van der Waals surface area contributed by atoms with Gasteiger partial charge in [0.05, 0.1) is 17.3 Å². The van der Waals surface area contributed by atoms with Crippen molar-refractivity contribution in [1.82, 2.24) is 9.97 Å². The third-order valence-electron chi connectivity index (χ3n) is 3.81. The van der Waals surface area contributed by atoms with Gasteiger partial charge in [-0.25, -0.2) is 18.2 Å². The molecule has 0 fully saturated rings. The second kappa shape index (κ2) is 7.96. The monoisotopic (exact) mass is 452 g/mol. The zero-order valence-electron chi connectivity index (χ0n) is 14.8. The molecule has 31 heavy (non-hydrogen) atoms. The van der Waals surface area contributed by atoms with Gasteiger partial charge in [-0.15, -0.1) is 0 Å². The van der Waals surface area contributed by atoms with Gasteiger partial charge in [0.1, 0.15) is 11.6 Å². The molecule has 0 atom stereocenters. The second-order valence-corrected chi connectivity index (χ2v) is 6.02. The van der Waals surface area contributed by atoms with E-state index in [-0.39, 0.29) is 17.3 Å². The van der Waals surface area contributed by atoms with Gasteiger partial charge in [-0.1, -0.05) is 0 Å². The van der Waals surface area contributed by atoms with E-state index in [1.807, 2.05) is 0 Å². The summed E-state index contributed by atoms with van der Waals surface area (Å²) < 4.78 is 117. The fraction of sp³-hybridized carbons (Fsp3) is 0.111. The molecule has 0 saturated heterocycles. The molecule has 3 aromatic rings. The van der Waals surface area contributed by atoms with Crippen LogP contribution in [0.4, 0.5) is 62.7 Å². The van der Waals surface area contributed by atoms with Crippen LogP contribution in [-0.4, -0.2) is 9.97 Å². The van der Waals surface area contributed by atoms with Crippen LogP contribution in [0.3, 0.4) is 0 Å². The molecule has 164 valence electrons. The molecule has 0 aliphatic heterocycles. The molecule has 0 aliphatic rings. The van der Waals surface area contributed by atoms with Crippen LogP contribution in [0, 0.1) is 17.5 Å². The summed E-state index contributed by atoms with van der Waals surface area (Å²) in [7, 11) is 0. The molecule has 2 aromatic carbocycles. The van der Waals surface area contributed by atoms with E-state index in [2.05, 4.69) is 20.6 Å². The minimum Gasteiger partial charge on any atom is -0.338 e. The Morgan fingerprint density at radius 1 is 0.645 bits per heavy atom. The Kier molecular flexibility index (Phi) is 5.70. The molecule has 1 heterocycles. The predicted molar refractivity (Wildman–Crippen MR) is 91.4 cm³/mol. The summed E-state index contributed by atoms with van der Waals surface area (Å²) in [6.45, 7) is 0. The molecule has 0 unspecified atom stereocenters. The Labute approximate surface area is 167 Å². The van der Waals surface area contributed by atoms with Crippen molar-refractivity contribution in [2.75, 3.05) is 10.6 Å². The number of halogens is 9. The first-order valence-electron chi connectivity index (χ1n) is 8.14. The standard InChI is InChI=1S/C18H9F9N4/c19-12-5-8(1-3-10(12)17(22,23)24)29-15-14(21)7-28-16(31-15)30-9-2-4-11(13(20)6-9)18(25,26)27/h1-7H,(H2,28,29,30,31). The van der Waals surface area contributed by atoms with Crippen molar-refractivity contribution in [3.8, 4) is 0 Å². The van der Waals surface area contributed by atoms with E-state index in [0.29, 0.717) is 30.5 Å². The second-order valence-electron chi connectivity index (χ2n) is 6.02. The number of nitrogens with one attached hydrogen (secondary N) is 2. The van der Waals surface area contributed by atoms with Gasteiger partial charge in [0.25, 0.3) is 0 Å². The van der Waals surface area contributed by atoms with Crippen LogP contribution in [-0.2, 0) is 12.4 Å². The van der Waals surface area contributed by atoms with Crippen LogP contribution in [0.1, 0.15) is 11.1 Å². The molecule has 0 bridgehead atoms. The van der Waals surface area contributed by atoms with Gasteiger partial charge >= 0.3 is 12.4 Å². The SMILES string of the molecule is Fc1cc(Nc2ncc(F)c(Nc3ccc(C(F)(F)F)c(F)c3)n2)ccc1C(F)(F)F. The van der Waals surface area contributed by atoms with Gasteiger partial charge in [-0.3, -0.25) is 0 Å². The number of hydrogen-bond donors (Lipinski definition) is 2. The third-order valence-corrected chi connectivity index (χ3v) is 3.81. The van der Waals surface area contributed by atoms with Crippen LogP contribution >= 0.6 is 0 Å². The van der Waals surface area contributed by atoms with Crippen molar-refractivity contribution in [3.63, 3.8) is 0 Å². The summed E-state index contributed by atoms with van der Waals surface area (Å²) in [6, 6.07) is 3.64. The van der Waals surface area contributed by atoms with Crippen LogP contribution in [0.2, 0.25) is 0 Å². The van der Waals surface area contributed by atoms with Crippen LogP contribution in [0.15, 0.2) is 42.6 Å². The van der Waals surface area contributed by atoms with Crippen molar-refractivity contribution >= 4 is 23.1 Å². The number of aromatic nitrogens is 2. The van der Waals surface area contributed by atoms with Crippen molar-refractivity contribution in [2.45, 2.75) is 12.4 Å². The van der Waals surface area contributed by atoms with Gasteiger partial charge in [0.2, 0.25) is 5.95 Å². The Morgan fingerprint density at radius 2 is 1.13 bits per heavy atom. The lowest BCUT2D eigenvalue weighted by Crippen LogP contribution is -2.09. The maximum absolute atomic E-state index is 13.9. The predicted octanol–water partition coefficient (Wildman–Crippen LogP) is 6.42. The van der Waals surface area contributed by atoms with Gasteiger partial charge < -0.3 is 10.6 Å². The van der Waals surface area contributed by atoms with Crippen molar-refractivity contribution in [3.05, 3.63) is 71.2 Å². The highest BCUT2D eigenvalue weighted by molar-refractivity contribution is 5.60. The van der Waals surface area contributed by atoms with Crippen molar-refractivity contribution in [1.29, 1.82) is 0 Å². The van der Waals surface area contributed by atoms with E-state index in [0.717, 1.165) is 12.1 Å². The van der Waals surface area contributed by atoms with Crippen LogP contribution in [0.5, 0.6) is 0 Å². The average molecular weight is 452 g/mol. The lowest BCUT2D eigenvalue weighted by molar-refractivity contribution is -0.140. The Morgan fingerprint density at radius 3 is 1.58 bits per heavy atom. The summed E-state index contributed by atoms with van der Waals surface area (Å²) in [4.78, 5) is 7.20. The van der Waals surface area contributed by atoms with Crippen LogP contribution in [0.25, 0.3) is 0 Å². The van der Waals surface area contributed by atoms with E-state index >= 15 is 0 Å². The lowest BCUT2D eigenvalue weighted by atomic mass is 10.2. The number of alkyl halides is 6. The first-order valence-corrected chi connectivity index (χ1v) is 8.14. The molecule has 0 spiro atoms.